The topological polar surface area (TPSA) is 106 Å². The zero-order chi connectivity index (χ0) is 29.6. The van der Waals surface area contributed by atoms with Gasteiger partial charge in [0.1, 0.15) is 17.5 Å². The van der Waals surface area contributed by atoms with E-state index in [1.54, 1.807) is 12.1 Å². The lowest BCUT2D eigenvalue weighted by Gasteiger charge is -2.23. The van der Waals surface area contributed by atoms with Crippen LogP contribution in [-0.2, 0) is 22.6 Å². The van der Waals surface area contributed by atoms with Crippen LogP contribution in [0.5, 0.6) is 0 Å². The second kappa shape index (κ2) is 13.0. The summed E-state index contributed by atoms with van der Waals surface area (Å²) in [5, 5.41) is 6.17. The molecule has 216 valence electrons. The number of primary amides is 1. The van der Waals surface area contributed by atoms with Crippen LogP contribution in [-0.4, -0.2) is 35.5 Å². The van der Waals surface area contributed by atoms with Gasteiger partial charge in [-0.05, 0) is 59.9 Å². The zero-order valence-electron chi connectivity index (χ0n) is 22.5. The molecular formula is C32H29F3N4O3. The van der Waals surface area contributed by atoms with Crippen molar-refractivity contribution < 1.29 is 27.5 Å². The molecular weight excluding hydrogens is 545 g/mol. The molecule has 0 spiro atoms. The van der Waals surface area contributed by atoms with E-state index >= 15 is 0 Å². The number of rotatable bonds is 10. The molecule has 1 aliphatic rings. The summed E-state index contributed by atoms with van der Waals surface area (Å²) in [6, 6.07) is 18.7. The van der Waals surface area contributed by atoms with Crippen molar-refractivity contribution in [2.45, 2.75) is 37.6 Å². The van der Waals surface area contributed by atoms with Crippen LogP contribution in [0, 0.1) is 17.5 Å². The summed E-state index contributed by atoms with van der Waals surface area (Å²) in [4.78, 5) is 29.8. The zero-order valence-corrected chi connectivity index (χ0v) is 22.5. The van der Waals surface area contributed by atoms with E-state index in [0.717, 1.165) is 17.7 Å². The van der Waals surface area contributed by atoms with Gasteiger partial charge in [0.2, 0.25) is 5.91 Å². The Kier molecular flexibility index (Phi) is 8.94. The number of carbonyl (C=O) groups excluding carboxylic acids is 2. The number of carbonyl (C=O) groups is 2. The lowest BCUT2D eigenvalue weighted by atomic mass is 9.94. The third-order valence-corrected chi connectivity index (χ3v) is 7.13. The van der Waals surface area contributed by atoms with E-state index in [2.05, 4.69) is 15.6 Å². The third kappa shape index (κ3) is 7.02. The van der Waals surface area contributed by atoms with Crippen molar-refractivity contribution in [3.63, 3.8) is 0 Å². The van der Waals surface area contributed by atoms with E-state index in [4.69, 9.17) is 10.5 Å². The number of amides is 2. The molecule has 1 fully saturated rings. The average molecular weight is 575 g/mol. The lowest BCUT2D eigenvalue weighted by molar-refractivity contribution is -0.123. The molecule has 2 amide bonds. The molecule has 0 bridgehead atoms. The van der Waals surface area contributed by atoms with Crippen molar-refractivity contribution in [3.8, 4) is 11.1 Å². The first-order chi connectivity index (χ1) is 20.3. The third-order valence-electron chi connectivity index (χ3n) is 7.13. The van der Waals surface area contributed by atoms with Gasteiger partial charge in [0.15, 0.2) is 0 Å². The summed E-state index contributed by atoms with van der Waals surface area (Å²) in [5.41, 5.74) is 7.67. The Morgan fingerprint density at radius 1 is 0.976 bits per heavy atom. The van der Waals surface area contributed by atoms with Gasteiger partial charge in [-0.25, -0.2) is 13.2 Å². The normalized spacial score (nSPS) is 17.1. The summed E-state index contributed by atoms with van der Waals surface area (Å²) in [7, 11) is 0. The van der Waals surface area contributed by atoms with Gasteiger partial charge < -0.3 is 21.1 Å². The summed E-state index contributed by atoms with van der Waals surface area (Å²) in [6.45, 7) is 0.891. The fourth-order valence-electron chi connectivity index (χ4n) is 5.09. The van der Waals surface area contributed by atoms with E-state index in [9.17, 15) is 22.8 Å². The Balaban J connectivity index is 1.40. The molecule has 0 radical (unpaired) electrons. The largest absolute Gasteiger partial charge is 0.372 e. The molecule has 3 unspecified atom stereocenters. The van der Waals surface area contributed by atoms with Crippen LogP contribution >= 0.6 is 0 Å². The van der Waals surface area contributed by atoms with Gasteiger partial charge in [-0.15, -0.1) is 0 Å². The maximum absolute atomic E-state index is 14.2. The van der Waals surface area contributed by atoms with Crippen LogP contribution in [0.25, 0.3) is 11.1 Å². The van der Waals surface area contributed by atoms with Crippen LogP contribution in [0.2, 0.25) is 0 Å². The van der Waals surface area contributed by atoms with Gasteiger partial charge >= 0.3 is 0 Å². The molecule has 3 atom stereocenters. The lowest BCUT2D eigenvalue weighted by Crippen LogP contribution is -2.43. The fourth-order valence-corrected chi connectivity index (χ4v) is 5.09. The molecule has 0 aliphatic carbocycles. The molecule has 7 nitrogen and oxygen atoms in total. The molecule has 10 heteroatoms. The molecule has 5 rings (SSSR count). The molecule has 4 aromatic rings. The molecule has 42 heavy (non-hydrogen) atoms. The highest BCUT2D eigenvalue weighted by Gasteiger charge is 2.32. The number of hydrogen-bond donors (Lipinski definition) is 3. The number of hydrogen-bond acceptors (Lipinski definition) is 5. The van der Waals surface area contributed by atoms with Crippen molar-refractivity contribution in [2.75, 3.05) is 6.54 Å². The Bertz CT molecular complexity index is 1560. The number of benzene rings is 3. The molecule has 2 heterocycles. The molecule has 4 N–H and O–H groups in total. The summed E-state index contributed by atoms with van der Waals surface area (Å²) < 4.78 is 48.4. The van der Waals surface area contributed by atoms with Gasteiger partial charge in [0.25, 0.3) is 5.91 Å². The minimum absolute atomic E-state index is 0.00889. The summed E-state index contributed by atoms with van der Waals surface area (Å²) >= 11 is 0. The summed E-state index contributed by atoms with van der Waals surface area (Å²) in [6.07, 6.45) is 1.77. The second-order valence-electron chi connectivity index (χ2n) is 10.2. The van der Waals surface area contributed by atoms with Crippen LogP contribution in [0.4, 0.5) is 13.2 Å². The fraction of sp³-hybridized carbons (Fsp3) is 0.219. The van der Waals surface area contributed by atoms with Crippen molar-refractivity contribution in [1.29, 1.82) is 0 Å². The van der Waals surface area contributed by atoms with E-state index < -0.39 is 35.4 Å². The monoisotopic (exact) mass is 574 g/mol. The quantitative estimate of drug-likeness (QED) is 0.257. The highest BCUT2D eigenvalue weighted by Crippen LogP contribution is 2.30. The van der Waals surface area contributed by atoms with Crippen molar-refractivity contribution in [2.24, 2.45) is 5.73 Å². The van der Waals surface area contributed by atoms with Crippen LogP contribution in [0.3, 0.4) is 0 Å². The second-order valence-corrected chi connectivity index (χ2v) is 10.2. The van der Waals surface area contributed by atoms with E-state index in [1.807, 2.05) is 30.3 Å². The van der Waals surface area contributed by atoms with Crippen molar-refractivity contribution in [1.82, 2.24) is 15.6 Å². The smallest absolute Gasteiger partial charge is 0.251 e. The Hall–Kier alpha value is -4.54. The number of pyridine rings is 1. The Labute approximate surface area is 240 Å². The molecule has 1 saturated heterocycles. The van der Waals surface area contributed by atoms with E-state index in [0.29, 0.717) is 42.0 Å². The van der Waals surface area contributed by atoms with Gasteiger partial charge in [0.05, 0.1) is 36.1 Å². The SMILES string of the molecule is NC(=O)c1cc(-c2cccnc2C(Cc2cc(F)cc(F)c2)NC(=O)C2CC(OCc3ccccc3)CN2)ccc1F. The number of halogens is 3. The minimum Gasteiger partial charge on any atom is -0.372 e. The first-order valence-corrected chi connectivity index (χ1v) is 13.5. The van der Waals surface area contributed by atoms with E-state index in [-0.39, 0.29) is 24.0 Å². The van der Waals surface area contributed by atoms with Gasteiger partial charge in [0, 0.05) is 24.4 Å². The maximum atomic E-state index is 14.2. The Morgan fingerprint density at radius 3 is 2.48 bits per heavy atom. The predicted octanol–water partition coefficient (Wildman–Crippen LogP) is 4.61. The van der Waals surface area contributed by atoms with Gasteiger partial charge in [-0.3, -0.25) is 14.6 Å². The number of nitrogens with zero attached hydrogens (tertiary/aromatic N) is 1. The maximum Gasteiger partial charge on any atom is 0.251 e. The number of nitrogens with one attached hydrogen (secondary N) is 2. The number of nitrogens with two attached hydrogens (primary N) is 1. The molecule has 1 aromatic heterocycles. The minimum atomic E-state index is -0.934. The molecule has 0 saturated carbocycles. The van der Waals surface area contributed by atoms with Gasteiger partial charge in [-0.1, -0.05) is 42.5 Å². The van der Waals surface area contributed by atoms with Crippen LogP contribution in [0.1, 0.15) is 39.6 Å². The van der Waals surface area contributed by atoms with Crippen molar-refractivity contribution >= 4 is 11.8 Å². The average Bonchev–Trinajstić information content (AvgIpc) is 3.45. The first-order valence-electron chi connectivity index (χ1n) is 13.5. The summed E-state index contributed by atoms with van der Waals surface area (Å²) in [5.74, 6) is -3.55. The highest BCUT2D eigenvalue weighted by molar-refractivity contribution is 5.94. The highest BCUT2D eigenvalue weighted by atomic mass is 19.1. The Morgan fingerprint density at radius 2 is 1.74 bits per heavy atom. The van der Waals surface area contributed by atoms with E-state index in [1.165, 1.54) is 30.5 Å². The van der Waals surface area contributed by atoms with Gasteiger partial charge in [-0.2, -0.15) is 0 Å². The first kappa shape index (κ1) is 29.0. The van der Waals surface area contributed by atoms with Crippen LogP contribution in [0.15, 0.2) is 85.1 Å². The van der Waals surface area contributed by atoms with Crippen molar-refractivity contribution in [3.05, 3.63) is 125 Å². The predicted molar refractivity (Wildman–Crippen MR) is 151 cm³/mol. The molecule has 1 aliphatic heterocycles. The molecule has 3 aromatic carbocycles. The standard InChI is InChI=1S/C32H29F3N4O3/c33-22-11-20(12-23(34)15-22)13-28(30-25(7-4-10-37-30)21-8-9-27(35)26(14-21)31(36)40)39-32(41)29-16-24(17-38-29)42-18-19-5-2-1-3-6-19/h1-12,14-15,24,28-29,38H,13,16-18H2,(H2,36,40)(H,39,41). The van der Waals surface area contributed by atoms with Crippen LogP contribution < -0.4 is 16.4 Å². The number of ether oxygens (including phenoxy) is 1. The number of aromatic nitrogens is 1.